The summed E-state index contributed by atoms with van der Waals surface area (Å²) >= 11 is 0. The van der Waals surface area contributed by atoms with Gasteiger partial charge in [0.1, 0.15) is 0 Å². The topological polar surface area (TPSA) is 64.4 Å². The van der Waals surface area contributed by atoms with Gasteiger partial charge in [0, 0.05) is 30.5 Å². The number of benzene rings is 1. The third-order valence-corrected chi connectivity index (χ3v) is 3.05. The van der Waals surface area contributed by atoms with Crippen molar-refractivity contribution in [3.63, 3.8) is 0 Å². The maximum Gasteiger partial charge on any atom is 0.271 e. The molecule has 0 spiro atoms. The molecular weight excluding hydrogens is 220 g/mol. The lowest BCUT2D eigenvalue weighted by Crippen LogP contribution is -2.35. The first-order valence-corrected chi connectivity index (χ1v) is 5.75. The van der Waals surface area contributed by atoms with Gasteiger partial charge in [-0.2, -0.15) is 0 Å². The highest BCUT2D eigenvalue weighted by Crippen LogP contribution is 2.22. The first-order valence-electron chi connectivity index (χ1n) is 5.75. The minimum atomic E-state index is -0.376. The molecule has 2 unspecified atom stereocenters. The molecule has 0 aromatic heterocycles. The van der Waals surface area contributed by atoms with Crippen molar-refractivity contribution in [2.45, 2.75) is 19.4 Å². The second-order valence-corrected chi connectivity index (χ2v) is 4.40. The van der Waals surface area contributed by atoms with E-state index in [1.807, 2.05) is 6.07 Å². The largest absolute Gasteiger partial charge is 0.382 e. The second kappa shape index (κ2) is 5.14. The average Bonchev–Trinajstić information content (AvgIpc) is 2.32. The molecule has 0 radical (unpaired) electrons. The highest BCUT2D eigenvalue weighted by atomic mass is 16.6. The Bertz CT molecular complexity index is 408. The maximum atomic E-state index is 10.7. The van der Waals surface area contributed by atoms with Gasteiger partial charge in [-0.25, -0.2) is 0 Å². The van der Waals surface area contributed by atoms with E-state index in [4.69, 9.17) is 4.74 Å². The number of nitrogens with one attached hydrogen (secondary N) is 1. The number of non-ortho nitro benzene ring substituents is 1. The van der Waals surface area contributed by atoms with Crippen LogP contribution >= 0.6 is 0 Å². The molecule has 2 rings (SSSR count). The molecule has 17 heavy (non-hydrogen) atoms. The number of hydrogen-bond donors (Lipinski definition) is 1. The minimum absolute atomic E-state index is 0.120. The molecule has 1 aliphatic heterocycles. The summed E-state index contributed by atoms with van der Waals surface area (Å²) in [6.45, 7) is 3.61. The summed E-state index contributed by atoms with van der Waals surface area (Å²) in [5, 5.41) is 14.0. The van der Waals surface area contributed by atoms with Gasteiger partial charge in [-0.1, -0.05) is 13.0 Å². The Labute approximate surface area is 99.9 Å². The van der Waals surface area contributed by atoms with Gasteiger partial charge in [-0.05, 0) is 18.4 Å². The lowest BCUT2D eigenvalue weighted by Gasteiger charge is -2.30. The summed E-state index contributed by atoms with van der Waals surface area (Å²) in [4.78, 5) is 10.3. The van der Waals surface area contributed by atoms with Gasteiger partial charge in [0.2, 0.25) is 0 Å². The third kappa shape index (κ3) is 2.94. The van der Waals surface area contributed by atoms with E-state index >= 15 is 0 Å². The van der Waals surface area contributed by atoms with Crippen LogP contribution in [0, 0.1) is 16.0 Å². The maximum absolute atomic E-state index is 10.7. The molecule has 1 aliphatic rings. The van der Waals surface area contributed by atoms with Crippen LogP contribution in [-0.2, 0) is 4.74 Å². The van der Waals surface area contributed by atoms with Gasteiger partial charge in [-0.15, -0.1) is 0 Å². The van der Waals surface area contributed by atoms with Crippen LogP contribution in [-0.4, -0.2) is 24.2 Å². The Hall–Kier alpha value is -1.62. The Balaban J connectivity index is 2.07. The molecular formula is C12H16N2O3. The fraction of sp³-hybridized carbons (Fsp3) is 0.500. The van der Waals surface area contributed by atoms with Gasteiger partial charge in [0.15, 0.2) is 0 Å². The Kier molecular flexibility index (Phi) is 3.58. The van der Waals surface area contributed by atoms with Gasteiger partial charge in [0.05, 0.1) is 11.5 Å². The summed E-state index contributed by atoms with van der Waals surface area (Å²) in [7, 11) is 0. The third-order valence-electron chi connectivity index (χ3n) is 3.05. The Morgan fingerprint density at radius 3 is 3.06 bits per heavy atom. The molecule has 0 saturated carbocycles. The van der Waals surface area contributed by atoms with E-state index in [1.54, 1.807) is 12.1 Å². The van der Waals surface area contributed by atoms with E-state index in [0.29, 0.717) is 12.0 Å². The first kappa shape index (κ1) is 11.9. The van der Waals surface area contributed by atoms with E-state index in [-0.39, 0.29) is 10.6 Å². The first-order chi connectivity index (χ1) is 8.16. The van der Waals surface area contributed by atoms with Crippen LogP contribution in [0.1, 0.15) is 13.3 Å². The number of nitro groups is 1. The molecule has 5 nitrogen and oxygen atoms in total. The van der Waals surface area contributed by atoms with Crippen molar-refractivity contribution in [2.24, 2.45) is 5.92 Å². The predicted molar refractivity (Wildman–Crippen MR) is 65.1 cm³/mol. The SMILES string of the molecule is CC1COCCC1Nc1cccc([N+](=O)[O-])c1. The van der Waals surface area contributed by atoms with Crippen LogP contribution in [0.5, 0.6) is 0 Å². The molecule has 1 saturated heterocycles. The van der Waals surface area contributed by atoms with Crippen LogP contribution in [0.4, 0.5) is 11.4 Å². The lowest BCUT2D eigenvalue weighted by molar-refractivity contribution is -0.384. The molecule has 1 aromatic rings. The van der Waals surface area contributed by atoms with Gasteiger partial charge in [0.25, 0.3) is 5.69 Å². The number of rotatable bonds is 3. The summed E-state index contributed by atoms with van der Waals surface area (Å²) < 4.78 is 5.36. The minimum Gasteiger partial charge on any atom is -0.382 e. The van der Waals surface area contributed by atoms with Gasteiger partial charge in [-0.3, -0.25) is 10.1 Å². The van der Waals surface area contributed by atoms with Crippen molar-refractivity contribution in [3.8, 4) is 0 Å². The van der Waals surface area contributed by atoms with E-state index < -0.39 is 0 Å². The second-order valence-electron chi connectivity index (χ2n) is 4.40. The van der Waals surface area contributed by atoms with Gasteiger partial charge < -0.3 is 10.1 Å². The number of ether oxygens (including phenoxy) is 1. The molecule has 1 N–H and O–H groups in total. The molecule has 5 heteroatoms. The fourth-order valence-electron chi connectivity index (χ4n) is 2.02. The normalized spacial score (nSPS) is 24.3. The van der Waals surface area contributed by atoms with Crippen LogP contribution in [0.25, 0.3) is 0 Å². The fourth-order valence-corrected chi connectivity index (χ4v) is 2.02. The molecule has 2 atom stereocenters. The van der Waals surface area contributed by atoms with Crippen LogP contribution in [0.3, 0.4) is 0 Å². The summed E-state index contributed by atoms with van der Waals surface area (Å²) in [5.41, 5.74) is 0.924. The number of anilines is 1. The molecule has 0 amide bonds. The highest BCUT2D eigenvalue weighted by molar-refractivity contribution is 5.51. The van der Waals surface area contributed by atoms with Crippen LogP contribution in [0.2, 0.25) is 0 Å². The molecule has 1 aromatic carbocycles. The highest BCUT2D eigenvalue weighted by Gasteiger charge is 2.21. The Morgan fingerprint density at radius 1 is 1.53 bits per heavy atom. The molecule has 0 aliphatic carbocycles. The van der Waals surface area contributed by atoms with E-state index in [1.165, 1.54) is 6.07 Å². The summed E-state index contributed by atoms with van der Waals surface area (Å²) in [6, 6.07) is 6.95. The number of nitro benzene ring substituents is 1. The van der Waals surface area contributed by atoms with Crippen molar-refractivity contribution in [1.29, 1.82) is 0 Å². The van der Waals surface area contributed by atoms with Crippen LogP contribution in [0.15, 0.2) is 24.3 Å². The zero-order valence-corrected chi connectivity index (χ0v) is 9.76. The zero-order chi connectivity index (χ0) is 12.3. The molecule has 92 valence electrons. The van der Waals surface area contributed by atoms with E-state index in [0.717, 1.165) is 25.3 Å². The molecule has 0 bridgehead atoms. The number of hydrogen-bond acceptors (Lipinski definition) is 4. The average molecular weight is 236 g/mol. The molecule has 1 fully saturated rings. The van der Waals surface area contributed by atoms with E-state index in [2.05, 4.69) is 12.2 Å². The number of nitrogens with zero attached hydrogens (tertiary/aromatic N) is 1. The van der Waals surface area contributed by atoms with Crippen molar-refractivity contribution < 1.29 is 9.66 Å². The summed E-state index contributed by atoms with van der Waals surface area (Å²) in [6.07, 6.45) is 0.934. The summed E-state index contributed by atoms with van der Waals surface area (Å²) in [5.74, 6) is 0.419. The Morgan fingerprint density at radius 2 is 2.35 bits per heavy atom. The van der Waals surface area contributed by atoms with Crippen molar-refractivity contribution in [1.82, 2.24) is 0 Å². The van der Waals surface area contributed by atoms with Crippen molar-refractivity contribution >= 4 is 11.4 Å². The quantitative estimate of drug-likeness (QED) is 0.646. The molecule has 1 heterocycles. The standard InChI is InChI=1S/C12H16N2O3/c1-9-8-17-6-5-12(9)13-10-3-2-4-11(7-10)14(15)16/h2-4,7,9,12-13H,5-6,8H2,1H3. The van der Waals surface area contributed by atoms with Gasteiger partial charge >= 0.3 is 0 Å². The van der Waals surface area contributed by atoms with Crippen LogP contribution < -0.4 is 5.32 Å². The predicted octanol–water partition coefficient (Wildman–Crippen LogP) is 2.43. The monoisotopic (exact) mass is 236 g/mol. The zero-order valence-electron chi connectivity index (χ0n) is 9.76. The lowest BCUT2D eigenvalue weighted by atomic mass is 9.97. The van der Waals surface area contributed by atoms with E-state index in [9.17, 15) is 10.1 Å². The smallest absolute Gasteiger partial charge is 0.271 e. The van der Waals surface area contributed by atoms with Crippen molar-refractivity contribution in [2.75, 3.05) is 18.5 Å². The van der Waals surface area contributed by atoms with Crippen molar-refractivity contribution in [3.05, 3.63) is 34.4 Å².